The third-order valence-corrected chi connectivity index (χ3v) is 2.87. The first-order valence-corrected chi connectivity index (χ1v) is 6.05. The fourth-order valence-electron chi connectivity index (χ4n) is 1.82. The van der Waals surface area contributed by atoms with Crippen molar-refractivity contribution < 1.29 is 27.6 Å². The third kappa shape index (κ3) is 5.11. The summed E-state index contributed by atoms with van der Waals surface area (Å²) in [5.74, 6) is -0.677. The molecule has 8 heteroatoms. The molecule has 0 bridgehead atoms. The fourth-order valence-corrected chi connectivity index (χ4v) is 1.82. The number of hydrogen-bond donors (Lipinski definition) is 2. The molecule has 0 saturated heterocycles. The van der Waals surface area contributed by atoms with E-state index in [9.17, 15) is 17.6 Å². The number of nitrogens with zero attached hydrogens (tertiary/aromatic N) is 1. The van der Waals surface area contributed by atoms with Gasteiger partial charge in [-0.15, -0.1) is 0 Å². The van der Waals surface area contributed by atoms with Gasteiger partial charge in [0, 0.05) is 12.6 Å². The molecule has 2 N–H and O–H groups in total. The Morgan fingerprint density at radius 3 is 2.30 bits per heavy atom. The molecule has 1 aromatic rings. The molecule has 0 aliphatic carbocycles. The maximum atomic E-state index is 13.1. The molecule has 0 unspecified atom stereocenters. The van der Waals surface area contributed by atoms with Gasteiger partial charge in [-0.1, -0.05) is 6.07 Å². The minimum absolute atomic E-state index is 0.127. The lowest BCUT2D eigenvalue weighted by Gasteiger charge is -2.28. The number of hydrogen-bond acceptors (Lipinski definition) is 3. The quantitative estimate of drug-likeness (QED) is 0.635. The van der Waals surface area contributed by atoms with Crippen LogP contribution in [-0.2, 0) is 6.54 Å². The maximum absolute atomic E-state index is 13.1. The minimum atomic E-state index is -4.36. The molecular formula is C12H16BF4NO2. The average molecular weight is 293 g/mol. The second-order valence-corrected chi connectivity index (χ2v) is 4.83. The molecule has 20 heavy (non-hydrogen) atoms. The van der Waals surface area contributed by atoms with Crippen molar-refractivity contribution in [2.75, 3.05) is 6.54 Å². The second kappa shape index (κ2) is 6.56. The van der Waals surface area contributed by atoms with Gasteiger partial charge >= 0.3 is 13.3 Å². The molecule has 0 fully saturated rings. The van der Waals surface area contributed by atoms with Gasteiger partial charge in [0.15, 0.2) is 0 Å². The molecule has 0 aliphatic rings. The zero-order valence-electron chi connectivity index (χ0n) is 11.2. The van der Waals surface area contributed by atoms with Crippen LogP contribution in [0, 0.1) is 5.82 Å². The van der Waals surface area contributed by atoms with Gasteiger partial charge in [0.25, 0.3) is 0 Å². The molecule has 0 amide bonds. The summed E-state index contributed by atoms with van der Waals surface area (Å²) in [5, 5.41) is 18.3. The van der Waals surface area contributed by atoms with Gasteiger partial charge in [-0.05, 0) is 37.0 Å². The molecule has 0 atom stereocenters. The summed E-state index contributed by atoms with van der Waals surface area (Å²) in [4.78, 5) is 1.12. The van der Waals surface area contributed by atoms with E-state index in [1.165, 1.54) is 6.07 Å². The van der Waals surface area contributed by atoms with Gasteiger partial charge in [0.1, 0.15) is 5.82 Å². The van der Waals surface area contributed by atoms with Crippen LogP contribution in [0.1, 0.15) is 19.4 Å². The van der Waals surface area contributed by atoms with Crippen LogP contribution in [0.15, 0.2) is 18.2 Å². The first-order chi connectivity index (χ1) is 9.10. The summed E-state index contributed by atoms with van der Waals surface area (Å²) in [5.41, 5.74) is 0.122. The summed E-state index contributed by atoms with van der Waals surface area (Å²) >= 11 is 0. The van der Waals surface area contributed by atoms with Crippen LogP contribution < -0.4 is 5.46 Å². The van der Waals surface area contributed by atoms with Crippen molar-refractivity contribution in [1.29, 1.82) is 0 Å². The van der Waals surface area contributed by atoms with Crippen LogP contribution in [0.5, 0.6) is 0 Å². The van der Waals surface area contributed by atoms with Crippen LogP contribution in [-0.4, -0.2) is 40.8 Å². The van der Waals surface area contributed by atoms with E-state index < -0.39 is 31.7 Å². The SMILES string of the molecule is CC(C)N(Cc1ccc(F)cc1B(O)O)CC(F)(F)F. The van der Waals surface area contributed by atoms with Crippen molar-refractivity contribution in [3.63, 3.8) is 0 Å². The standard InChI is InChI=1S/C12H16BF4NO2/c1-8(2)18(7-12(15,16)17)6-9-3-4-10(14)5-11(9)13(19)20/h3-5,8,19-20H,6-7H2,1-2H3. The Balaban J connectivity index is 2.99. The second-order valence-electron chi connectivity index (χ2n) is 4.83. The van der Waals surface area contributed by atoms with E-state index in [-0.39, 0.29) is 17.6 Å². The summed E-state index contributed by atoms with van der Waals surface area (Å²) in [6.45, 7) is 1.93. The lowest BCUT2D eigenvalue weighted by Crippen LogP contribution is -2.41. The Morgan fingerprint density at radius 1 is 1.25 bits per heavy atom. The van der Waals surface area contributed by atoms with Crippen LogP contribution in [0.25, 0.3) is 0 Å². The molecule has 0 heterocycles. The highest BCUT2D eigenvalue weighted by Crippen LogP contribution is 2.19. The molecule has 0 radical (unpaired) electrons. The first-order valence-electron chi connectivity index (χ1n) is 6.05. The molecule has 0 aliphatic heterocycles. The molecule has 1 rings (SSSR count). The average Bonchev–Trinajstić information content (AvgIpc) is 2.28. The number of benzene rings is 1. The van der Waals surface area contributed by atoms with E-state index >= 15 is 0 Å². The van der Waals surface area contributed by atoms with Crippen molar-refractivity contribution in [2.24, 2.45) is 0 Å². The highest BCUT2D eigenvalue weighted by atomic mass is 19.4. The molecule has 0 spiro atoms. The lowest BCUT2D eigenvalue weighted by molar-refractivity contribution is -0.150. The van der Waals surface area contributed by atoms with E-state index in [0.29, 0.717) is 0 Å². The summed E-state index contributed by atoms with van der Waals surface area (Å²) in [6, 6.07) is 2.85. The zero-order chi connectivity index (χ0) is 15.5. The fraction of sp³-hybridized carbons (Fsp3) is 0.500. The van der Waals surface area contributed by atoms with Gasteiger partial charge < -0.3 is 10.0 Å². The van der Waals surface area contributed by atoms with Gasteiger partial charge in [-0.2, -0.15) is 13.2 Å². The van der Waals surface area contributed by atoms with E-state index in [2.05, 4.69) is 0 Å². The summed E-state index contributed by atoms with van der Waals surface area (Å²) < 4.78 is 50.5. The number of halogens is 4. The topological polar surface area (TPSA) is 43.7 Å². The lowest BCUT2D eigenvalue weighted by atomic mass is 9.77. The van der Waals surface area contributed by atoms with Crippen molar-refractivity contribution in [3.05, 3.63) is 29.6 Å². The largest absolute Gasteiger partial charge is 0.488 e. The van der Waals surface area contributed by atoms with E-state index in [4.69, 9.17) is 10.0 Å². The van der Waals surface area contributed by atoms with Gasteiger partial charge in [0.2, 0.25) is 0 Å². The highest BCUT2D eigenvalue weighted by molar-refractivity contribution is 6.59. The van der Waals surface area contributed by atoms with Crippen LogP contribution >= 0.6 is 0 Å². The van der Waals surface area contributed by atoms with Crippen molar-refractivity contribution in [2.45, 2.75) is 32.6 Å². The number of rotatable bonds is 5. The van der Waals surface area contributed by atoms with Crippen LogP contribution in [0.3, 0.4) is 0 Å². The molecule has 0 saturated carbocycles. The van der Waals surface area contributed by atoms with Crippen molar-refractivity contribution in [1.82, 2.24) is 4.90 Å². The third-order valence-electron chi connectivity index (χ3n) is 2.87. The zero-order valence-corrected chi connectivity index (χ0v) is 11.2. The van der Waals surface area contributed by atoms with Crippen molar-refractivity contribution in [3.8, 4) is 0 Å². The predicted molar refractivity (Wildman–Crippen MR) is 67.8 cm³/mol. The monoisotopic (exact) mass is 293 g/mol. The van der Waals surface area contributed by atoms with E-state index in [1.807, 2.05) is 0 Å². The Bertz CT molecular complexity index is 452. The highest BCUT2D eigenvalue weighted by Gasteiger charge is 2.32. The summed E-state index contributed by atoms with van der Waals surface area (Å²) in [6.07, 6.45) is -4.36. The maximum Gasteiger partial charge on any atom is 0.488 e. The Morgan fingerprint density at radius 2 is 1.85 bits per heavy atom. The summed E-state index contributed by atoms with van der Waals surface area (Å²) in [7, 11) is -1.93. The number of alkyl halides is 3. The van der Waals surface area contributed by atoms with Gasteiger partial charge in [-0.25, -0.2) is 4.39 Å². The Labute approximate surface area is 115 Å². The Kier molecular flexibility index (Phi) is 5.55. The van der Waals surface area contributed by atoms with E-state index in [1.54, 1.807) is 13.8 Å². The van der Waals surface area contributed by atoms with E-state index in [0.717, 1.165) is 17.0 Å². The minimum Gasteiger partial charge on any atom is -0.423 e. The Hall–Kier alpha value is -1.12. The molecular weight excluding hydrogens is 277 g/mol. The van der Waals surface area contributed by atoms with Gasteiger partial charge in [0.05, 0.1) is 6.54 Å². The van der Waals surface area contributed by atoms with Crippen LogP contribution in [0.2, 0.25) is 0 Å². The molecule has 0 aromatic heterocycles. The predicted octanol–water partition coefficient (Wildman–Crippen LogP) is 1.28. The first kappa shape index (κ1) is 16.9. The molecule has 1 aromatic carbocycles. The van der Waals surface area contributed by atoms with Gasteiger partial charge in [-0.3, -0.25) is 4.90 Å². The molecule has 3 nitrogen and oxygen atoms in total. The van der Waals surface area contributed by atoms with Crippen LogP contribution in [0.4, 0.5) is 17.6 Å². The molecule has 112 valence electrons. The smallest absolute Gasteiger partial charge is 0.423 e. The normalized spacial score (nSPS) is 12.3. The van der Waals surface area contributed by atoms with Crippen molar-refractivity contribution >= 4 is 12.6 Å².